The highest BCUT2D eigenvalue weighted by atomic mass is 32.2. The van der Waals surface area contributed by atoms with Crippen LogP contribution in [0.2, 0.25) is 0 Å². The van der Waals surface area contributed by atoms with Gasteiger partial charge in [0, 0.05) is 5.75 Å². The van der Waals surface area contributed by atoms with Crippen LogP contribution in [0.15, 0.2) is 11.8 Å². The van der Waals surface area contributed by atoms with E-state index in [2.05, 4.69) is 0 Å². The lowest BCUT2D eigenvalue weighted by Gasteiger charge is -2.42. The summed E-state index contributed by atoms with van der Waals surface area (Å²) in [6.07, 6.45) is 5.76. The number of amides is 1. The monoisotopic (exact) mass is 281 g/mol. The van der Waals surface area contributed by atoms with Gasteiger partial charge < -0.3 is 4.74 Å². The third kappa shape index (κ3) is 2.29. The number of ether oxygens (including phenoxy) is 1. The summed E-state index contributed by atoms with van der Waals surface area (Å²) in [6.45, 7) is 0. The second-order valence-corrected chi connectivity index (χ2v) is 6.25. The quantitative estimate of drug-likeness (QED) is 0.435. The van der Waals surface area contributed by atoms with Gasteiger partial charge in [-0.2, -0.15) is 0 Å². The van der Waals surface area contributed by atoms with E-state index < -0.39 is 11.9 Å². The molecular formula is C13H15NO4S. The zero-order valence-electron chi connectivity index (χ0n) is 10.5. The first kappa shape index (κ1) is 12.7. The van der Waals surface area contributed by atoms with Gasteiger partial charge in [-0.15, -0.1) is 11.8 Å². The van der Waals surface area contributed by atoms with Crippen LogP contribution in [0.1, 0.15) is 32.1 Å². The molecule has 2 fully saturated rings. The van der Waals surface area contributed by atoms with Crippen LogP contribution < -0.4 is 0 Å². The van der Waals surface area contributed by atoms with Gasteiger partial charge in [-0.1, -0.05) is 12.8 Å². The Morgan fingerprint density at radius 3 is 2.74 bits per heavy atom. The lowest BCUT2D eigenvalue weighted by molar-refractivity contribution is -0.163. The fourth-order valence-electron chi connectivity index (χ4n) is 2.72. The van der Waals surface area contributed by atoms with Crippen molar-refractivity contribution in [2.24, 2.45) is 5.92 Å². The van der Waals surface area contributed by atoms with Gasteiger partial charge in [0.2, 0.25) is 5.91 Å². The van der Waals surface area contributed by atoms with Gasteiger partial charge >= 0.3 is 11.9 Å². The fourth-order valence-corrected chi connectivity index (χ4v) is 3.83. The Kier molecular flexibility index (Phi) is 3.35. The number of fused-ring (bicyclic) bond motifs is 1. The van der Waals surface area contributed by atoms with Crippen molar-refractivity contribution < 1.29 is 19.1 Å². The molecule has 3 rings (SSSR count). The number of hydrogen-bond donors (Lipinski definition) is 0. The van der Waals surface area contributed by atoms with E-state index in [1.165, 1.54) is 4.90 Å². The van der Waals surface area contributed by atoms with Crippen LogP contribution in [0.25, 0.3) is 0 Å². The Hall–Kier alpha value is -1.30. The number of nitrogens with zero attached hydrogens (tertiary/aromatic N) is 1. The average Bonchev–Trinajstić information content (AvgIpc) is 2.90. The van der Waals surface area contributed by atoms with Gasteiger partial charge in [0.15, 0.2) is 0 Å². The molecule has 1 aliphatic carbocycles. The number of esters is 2. The molecule has 0 aromatic rings. The lowest BCUT2D eigenvalue weighted by Crippen LogP contribution is -2.53. The number of rotatable bonds is 2. The summed E-state index contributed by atoms with van der Waals surface area (Å²) in [4.78, 5) is 36.7. The van der Waals surface area contributed by atoms with Crippen molar-refractivity contribution in [3.05, 3.63) is 11.8 Å². The first-order valence-corrected chi connectivity index (χ1v) is 7.61. The number of β-lactam (4-membered cyclic amide) rings is 1. The molecule has 0 spiro atoms. The maximum atomic E-state index is 12.0. The van der Waals surface area contributed by atoms with Crippen LogP contribution >= 0.6 is 11.8 Å². The summed E-state index contributed by atoms with van der Waals surface area (Å²) in [5.41, 5.74) is 0.242. The van der Waals surface area contributed by atoms with E-state index in [1.807, 2.05) is 0 Å². The fraction of sp³-hybridized carbons (Fsp3) is 0.615. The predicted octanol–water partition coefficient (Wildman–Crippen LogP) is 1.44. The second-order valence-electron chi connectivity index (χ2n) is 5.04. The van der Waals surface area contributed by atoms with E-state index in [0.29, 0.717) is 12.2 Å². The van der Waals surface area contributed by atoms with E-state index in [9.17, 15) is 14.4 Å². The summed E-state index contributed by atoms with van der Waals surface area (Å²) >= 11 is 1.62. The summed E-state index contributed by atoms with van der Waals surface area (Å²) in [6, 6.07) is 0. The SMILES string of the molecule is O=C(OC(=O)C1CCCC1)C1=CCSC2CC(=O)N12. The smallest absolute Gasteiger partial charge is 0.362 e. The highest BCUT2D eigenvalue weighted by molar-refractivity contribution is 8.00. The minimum Gasteiger partial charge on any atom is -0.388 e. The van der Waals surface area contributed by atoms with Crippen molar-refractivity contribution in [2.75, 3.05) is 5.75 Å². The van der Waals surface area contributed by atoms with Crippen molar-refractivity contribution >= 4 is 29.6 Å². The average molecular weight is 281 g/mol. The molecule has 2 aliphatic heterocycles. The van der Waals surface area contributed by atoms with Crippen LogP contribution in [-0.2, 0) is 19.1 Å². The third-order valence-corrected chi connectivity index (χ3v) is 4.94. The molecule has 1 saturated heterocycles. The molecule has 5 nitrogen and oxygen atoms in total. The molecule has 0 aromatic carbocycles. The van der Waals surface area contributed by atoms with Gasteiger partial charge in [-0.25, -0.2) is 4.79 Å². The molecule has 19 heavy (non-hydrogen) atoms. The van der Waals surface area contributed by atoms with E-state index >= 15 is 0 Å². The molecule has 0 radical (unpaired) electrons. The Morgan fingerprint density at radius 1 is 1.32 bits per heavy atom. The number of hydrogen-bond acceptors (Lipinski definition) is 5. The van der Waals surface area contributed by atoms with E-state index in [-0.39, 0.29) is 22.9 Å². The van der Waals surface area contributed by atoms with Gasteiger partial charge in [-0.3, -0.25) is 14.5 Å². The van der Waals surface area contributed by atoms with E-state index in [0.717, 1.165) is 25.7 Å². The van der Waals surface area contributed by atoms with Gasteiger partial charge in [-0.05, 0) is 18.9 Å². The van der Waals surface area contributed by atoms with Crippen molar-refractivity contribution in [2.45, 2.75) is 37.5 Å². The maximum absolute atomic E-state index is 12.0. The van der Waals surface area contributed by atoms with Crippen LogP contribution in [0.3, 0.4) is 0 Å². The van der Waals surface area contributed by atoms with Crippen LogP contribution in [0, 0.1) is 5.92 Å². The molecule has 0 N–H and O–H groups in total. The van der Waals surface area contributed by atoms with Crippen LogP contribution in [0.4, 0.5) is 0 Å². The minimum absolute atomic E-state index is 0.0432. The molecule has 1 unspecified atom stereocenters. The normalized spacial score (nSPS) is 26.5. The van der Waals surface area contributed by atoms with E-state index in [1.54, 1.807) is 17.8 Å². The summed E-state index contributed by atoms with van der Waals surface area (Å²) < 4.78 is 4.93. The lowest BCUT2D eigenvalue weighted by atomic mass is 10.1. The summed E-state index contributed by atoms with van der Waals surface area (Å²) in [5, 5.41) is 0.0432. The zero-order valence-corrected chi connectivity index (χ0v) is 11.3. The van der Waals surface area contributed by atoms with Gasteiger partial charge in [0.25, 0.3) is 0 Å². The number of carbonyl (C=O) groups excluding carboxylic acids is 3. The predicted molar refractivity (Wildman–Crippen MR) is 68.8 cm³/mol. The maximum Gasteiger partial charge on any atom is 0.362 e. The Balaban J connectivity index is 1.65. The number of carbonyl (C=O) groups is 3. The molecule has 0 bridgehead atoms. The molecular weight excluding hydrogens is 266 g/mol. The van der Waals surface area contributed by atoms with Crippen LogP contribution in [-0.4, -0.2) is 33.9 Å². The number of thioether (sulfide) groups is 1. The van der Waals surface area contributed by atoms with E-state index in [4.69, 9.17) is 4.74 Å². The molecule has 102 valence electrons. The van der Waals surface area contributed by atoms with Crippen molar-refractivity contribution in [1.29, 1.82) is 0 Å². The minimum atomic E-state index is -0.671. The third-order valence-electron chi connectivity index (χ3n) is 3.82. The summed E-state index contributed by atoms with van der Waals surface area (Å²) in [7, 11) is 0. The molecule has 6 heteroatoms. The molecule has 1 amide bonds. The zero-order chi connectivity index (χ0) is 13.4. The first-order chi connectivity index (χ1) is 9.16. The molecule has 1 atom stereocenters. The van der Waals surface area contributed by atoms with Crippen molar-refractivity contribution in [3.63, 3.8) is 0 Å². The van der Waals surface area contributed by atoms with Crippen molar-refractivity contribution in [3.8, 4) is 0 Å². The van der Waals surface area contributed by atoms with Crippen LogP contribution in [0.5, 0.6) is 0 Å². The Morgan fingerprint density at radius 2 is 2.05 bits per heavy atom. The topological polar surface area (TPSA) is 63.7 Å². The largest absolute Gasteiger partial charge is 0.388 e. The summed E-state index contributed by atoms with van der Waals surface area (Å²) in [5.74, 6) is -0.656. The molecule has 1 saturated carbocycles. The second kappa shape index (κ2) is 5.00. The van der Waals surface area contributed by atoms with Crippen molar-refractivity contribution in [1.82, 2.24) is 4.90 Å². The molecule has 2 heterocycles. The van der Waals surface area contributed by atoms with Gasteiger partial charge in [0.1, 0.15) is 5.70 Å². The Bertz CT molecular complexity index is 467. The highest BCUT2D eigenvalue weighted by Gasteiger charge is 2.44. The standard InChI is InChI=1S/C13H15NO4S/c15-10-7-11-14(10)9(5-6-19-11)13(17)18-12(16)8-3-1-2-4-8/h5,8,11H,1-4,6-7H2. The molecule has 0 aromatic heterocycles. The molecule has 3 aliphatic rings. The first-order valence-electron chi connectivity index (χ1n) is 6.56. The Labute approximate surface area is 115 Å². The van der Waals surface area contributed by atoms with Gasteiger partial charge in [0.05, 0.1) is 17.7 Å². The highest BCUT2D eigenvalue weighted by Crippen LogP contribution is 2.37.